The van der Waals surface area contributed by atoms with Gasteiger partial charge < -0.3 is 10.4 Å². The highest BCUT2D eigenvalue weighted by Crippen LogP contribution is 2.25. The molecule has 0 atom stereocenters. The predicted octanol–water partition coefficient (Wildman–Crippen LogP) is 6.76. The molecule has 0 fully saturated rings. The first kappa shape index (κ1) is 23.8. The van der Waals surface area contributed by atoms with Crippen molar-refractivity contribution in [2.75, 3.05) is 5.32 Å². The van der Waals surface area contributed by atoms with Crippen molar-refractivity contribution in [3.05, 3.63) is 98.5 Å². The van der Waals surface area contributed by atoms with Gasteiger partial charge in [-0.1, -0.05) is 80.4 Å². The molecule has 0 aromatic heterocycles. The van der Waals surface area contributed by atoms with Gasteiger partial charge in [0.05, 0.1) is 27.7 Å². The third kappa shape index (κ3) is 6.12. The predicted molar refractivity (Wildman–Crippen MR) is 130 cm³/mol. The molecule has 4 nitrogen and oxygen atoms in total. The van der Waals surface area contributed by atoms with Crippen LogP contribution in [0.3, 0.4) is 0 Å². The van der Waals surface area contributed by atoms with Crippen molar-refractivity contribution in [1.29, 1.82) is 0 Å². The third-order valence-corrected chi connectivity index (χ3v) is 5.90. The molecule has 3 rings (SSSR count). The minimum absolute atomic E-state index is 0.0521. The van der Waals surface area contributed by atoms with Crippen LogP contribution in [0.1, 0.15) is 53.4 Å². The third-order valence-electron chi connectivity index (χ3n) is 5.17. The Bertz CT molecular complexity index is 1150. The van der Waals surface area contributed by atoms with Crippen LogP contribution in [0.25, 0.3) is 0 Å². The molecule has 166 valence electrons. The molecule has 0 spiro atoms. The molecule has 6 heteroatoms. The fraction of sp³-hybridized carbons (Fsp3) is 0.231. The van der Waals surface area contributed by atoms with E-state index in [2.05, 4.69) is 50.4 Å². The molecule has 0 aliphatic carbocycles. The molecule has 0 aliphatic rings. The van der Waals surface area contributed by atoms with E-state index in [0.29, 0.717) is 22.0 Å². The maximum atomic E-state index is 12.5. The molecular formula is C26H25Cl2NO3. The van der Waals surface area contributed by atoms with Crippen molar-refractivity contribution in [1.82, 2.24) is 0 Å². The molecule has 0 unspecified atom stereocenters. The van der Waals surface area contributed by atoms with Crippen LogP contribution in [0, 0.1) is 0 Å². The Balaban J connectivity index is 1.74. The highest BCUT2D eigenvalue weighted by Gasteiger charge is 2.16. The highest BCUT2D eigenvalue weighted by molar-refractivity contribution is 6.42. The fourth-order valence-electron chi connectivity index (χ4n) is 3.37. The summed E-state index contributed by atoms with van der Waals surface area (Å²) in [7, 11) is 0. The number of benzene rings is 3. The molecule has 0 saturated heterocycles. The smallest absolute Gasteiger partial charge is 0.337 e. The quantitative estimate of drug-likeness (QED) is 0.418. The van der Waals surface area contributed by atoms with Crippen molar-refractivity contribution in [3.8, 4) is 0 Å². The van der Waals surface area contributed by atoms with E-state index in [1.165, 1.54) is 5.56 Å². The van der Waals surface area contributed by atoms with Gasteiger partial charge in [-0.05, 0) is 58.4 Å². The SMILES string of the molecule is CC(C)(C)c1ccc(Cc2ccc(NC(=O)Cc3ccc(Cl)c(Cl)c3)c(C(=O)O)c2)cc1. The van der Waals surface area contributed by atoms with E-state index < -0.39 is 5.97 Å². The zero-order chi connectivity index (χ0) is 23.5. The van der Waals surface area contributed by atoms with Gasteiger partial charge in [-0.2, -0.15) is 0 Å². The second-order valence-electron chi connectivity index (χ2n) is 8.78. The molecule has 0 bridgehead atoms. The Kier molecular flexibility index (Phi) is 7.27. The van der Waals surface area contributed by atoms with Crippen LogP contribution in [0.2, 0.25) is 10.0 Å². The van der Waals surface area contributed by atoms with Gasteiger partial charge in [-0.3, -0.25) is 4.79 Å². The number of carboxylic acids is 1. The normalized spacial score (nSPS) is 11.3. The van der Waals surface area contributed by atoms with E-state index in [0.717, 1.165) is 11.1 Å². The lowest BCUT2D eigenvalue weighted by Crippen LogP contribution is -2.17. The maximum Gasteiger partial charge on any atom is 0.337 e. The average Bonchev–Trinajstić information content (AvgIpc) is 2.71. The van der Waals surface area contributed by atoms with Crippen molar-refractivity contribution < 1.29 is 14.7 Å². The van der Waals surface area contributed by atoms with E-state index in [1.54, 1.807) is 30.3 Å². The summed E-state index contributed by atoms with van der Waals surface area (Å²) >= 11 is 11.9. The largest absolute Gasteiger partial charge is 0.478 e. The minimum atomic E-state index is -1.10. The fourth-order valence-corrected chi connectivity index (χ4v) is 3.70. The van der Waals surface area contributed by atoms with Gasteiger partial charge in [0.1, 0.15) is 0 Å². The first-order chi connectivity index (χ1) is 15.0. The van der Waals surface area contributed by atoms with Crippen LogP contribution < -0.4 is 5.32 Å². The molecule has 2 N–H and O–H groups in total. The summed E-state index contributed by atoms with van der Waals surface area (Å²) in [5, 5.41) is 13.1. The molecule has 0 radical (unpaired) electrons. The van der Waals surface area contributed by atoms with Crippen LogP contribution in [0.4, 0.5) is 5.69 Å². The first-order valence-corrected chi connectivity index (χ1v) is 11.0. The number of aromatic carboxylic acids is 1. The van der Waals surface area contributed by atoms with Crippen molar-refractivity contribution >= 4 is 40.8 Å². The molecule has 32 heavy (non-hydrogen) atoms. The van der Waals surface area contributed by atoms with Crippen LogP contribution in [-0.2, 0) is 23.1 Å². The Morgan fingerprint density at radius 3 is 2.06 bits per heavy atom. The van der Waals surface area contributed by atoms with Gasteiger partial charge in [0.25, 0.3) is 0 Å². The number of halogens is 2. The summed E-state index contributed by atoms with van der Waals surface area (Å²) in [6.07, 6.45) is 0.653. The minimum Gasteiger partial charge on any atom is -0.478 e. The Hall–Kier alpha value is -2.82. The van der Waals surface area contributed by atoms with Crippen molar-refractivity contribution in [2.24, 2.45) is 0 Å². The van der Waals surface area contributed by atoms with Gasteiger partial charge in [0, 0.05) is 0 Å². The second-order valence-corrected chi connectivity index (χ2v) is 9.60. The van der Waals surface area contributed by atoms with Crippen LogP contribution in [-0.4, -0.2) is 17.0 Å². The molecule has 3 aromatic carbocycles. The van der Waals surface area contributed by atoms with E-state index in [1.807, 2.05) is 6.07 Å². The van der Waals surface area contributed by atoms with Gasteiger partial charge in [0.2, 0.25) is 5.91 Å². The number of carbonyl (C=O) groups excluding carboxylic acids is 1. The number of hydrogen-bond acceptors (Lipinski definition) is 2. The van der Waals surface area contributed by atoms with Gasteiger partial charge in [0.15, 0.2) is 0 Å². The molecule has 0 heterocycles. The van der Waals surface area contributed by atoms with Crippen molar-refractivity contribution in [2.45, 2.75) is 39.0 Å². The van der Waals surface area contributed by atoms with Gasteiger partial charge >= 0.3 is 5.97 Å². The first-order valence-electron chi connectivity index (χ1n) is 10.2. The lowest BCUT2D eigenvalue weighted by atomic mass is 9.86. The number of amides is 1. The average molecular weight is 470 g/mol. The summed E-state index contributed by atoms with van der Waals surface area (Å²) in [6.45, 7) is 6.49. The van der Waals surface area contributed by atoms with Crippen LogP contribution in [0.15, 0.2) is 60.7 Å². The zero-order valence-corrected chi connectivity index (χ0v) is 19.7. The summed E-state index contributed by atoms with van der Waals surface area (Å²) in [5.74, 6) is -1.43. The molecular weight excluding hydrogens is 445 g/mol. The molecule has 1 amide bonds. The number of nitrogens with one attached hydrogen (secondary N) is 1. The van der Waals surface area contributed by atoms with E-state index in [9.17, 15) is 14.7 Å². The highest BCUT2D eigenvalue weighted by atomic mass is 35.5. The lowest BCUT2D eigenvalue weighted by molar-refractivity contribution is -0.115. The second kappa shape index (κ2) is 9.76. The Morgan fingerprint density at radius 2 is 1.47 bits per heavy atom. The summed E-state index contributed by atoms with van der Waals surface area (Å²) < 4.78 is 0. The van der Waals surface area contributed by atoms with Gasteiger partial charge in [-0.15, -0.1) is 0 Å². The van der Waals surface area contributed by atoms with Gasteiger partial charge in [-0.25, -0.2) is 4.79 Å². The Labute approximate surface area is 198 Å². The monoisotopic (exact) mass is 469 g/mol. The topological polar surface area (TPSA) is 66.4 Å². The van der Waals surface area contributed by atoms with Crippen LogP contribution in [0.5, 0.6) is 0 Å². The number of anilines is 1. The summed E-state index contributed by atoms with van der Waals surface area (Å²) in [6, 6.07) is 18.4. The van der Waals surface area contributed by atoms with Crippen molar-refractivity contribution in [3.63, 3.8) is 0 Å². The van der Waals surface area contributed by atoms with E-state index in [4.69, 9.17) is 23.2 Å². The molecule has 3 aromatic rings. The van der Waals surface area contributed by atoms with E-state index >= 15 is 0 Å². The number of carboxylic acid groups (broad SMARTS) is 1. The maximum absolute atomic E-state index is 12.5. The standard InChI is InChI=1S/C26H25Cl2NO3/c1-26(2,3)19-8-4-16(5-9-19)12-17-7-11-23(20(13-17)25(31)32)29-24(30)15-18-6-10-21(27)22(28)14-18/h4-11,13-14H,12,15H2,1-3H3,(H,29,30)(H,31,32). The summed E-state index contributed by atoms with van der Waals surface area (Å²) in [4.78, 5) is 24.3. The summed E-state index contributed by atoms with van der Waals surface area (Å²) in [5.41, 5.74) is 4.26. The lowest BCUT2D eigenvalue weighted by Gasteiger charge is -2.19. The van der Waals surface area contributed by atoms with E-state index in [-0.39, 0.29) is 29.0 Å². The number of rotatable bonds is 6. The molecule has 0 saturated carbocycles. The Morgan fingerprint density at radius 1 is 0.844 bits per heavy atom. The van der Waals surface area contributed by atoms with Crippen LogP contribution >= 0.6 is 23.2 Å². The zero-order valence-electron chi connectivity index (χ0n) is 18.2. The number of hydrogen-bond donors (Lipinski definition) is 2. The molecule has 0 aliphatic heterocycles. The number of carbonyl (C=O) groups is 2.